The minimum Gasteiger partial charge on any atom is -0.341 e. The van der Waals surface area contributed by atoms with Crippen LogP contribution >= 0.6 is 0 Å². The van der Waals surface area contributed by atoms with Crippen LogP contribution < -0.4 is 10.2 Å². The molecule has 20 heavy (non-hydrogen) atoms. The maximum Gasteiger partial charge on any atom is 0.225 e. The molecule has 2 fully saturated rings. The average molecular weight is 274 g/mol. The molecule has 110 valence electrons. The second-order valence-electron chi connectivity index (χ2n) is 6.47. The van der Waals surface area contributed by atoms with Crippen LogP contribution in [0, 0.1) is 5.41 Å². The van der Waals surface area contributed by atoms with Crippen LogP contribution in [0.5, 0.6) is 0 Å². The van der Waals surface area contributed by atoms with Gasteiger partial charge in [-0.1, -0.05) is 19.3 Å². The number of aromatic nitrogens is 2. The van der Waals surface area contributed by atoms with Gasteiger partial charge in [0.15, 0.2) is 0 Å². The number of nitrogens with zero attached hydrogens (tertiary/aromatic N) is 3. The Morgan fingerprint density at radius 3 is 2.30 bits per heavy atom. The van der Waals surface area contributed by atoms with Gasteiger partial charge in [-0.15, -0.1) is 0 Å². The van der Waals surface area contributed by atoms with Gasteiger partial charge in [0.05, 0.1) is 0 Å². The van der Waals surface area contributed by atoms with Gasteiger partial charge in [0.25, 0.3) is 0 Å². The first-order chi connectivity index (χ1) is 9.81. The third-order valence-electron chi connectivity index (χ3n) is 5.09. The van der Waals surface area contributed by atoms with Crippen molar-refractivity contribution in [3.8, 4) is 0 Å². The highest BCUT2D eigenvalue weighted by Gasteiger charge is 2.35. The van der Waals surface area contributed by atoms with Crippen molar-refractivity contribution in [1.82, 2.24) is 15.3 Å². The Hall–Kier alpha value is -1.16. The fourth-order valence-corrected chi connectivity index (χ4v) is 3.79. The summed E-state index contributed by atoms with van der Waals surface area (Å²) in [4.78, 5) is 11.4. The highest BCUT2D eigenvalue weighted by atomic mass is 15.2. The van der Waals surface area contributed by atoms with Crippen LogP contribution in [0.4, 0.5) is 5.95 Å². The van der Waals surface area contributed by atoms with E-state index in [1.807, 2.05) is 19.4 Å². The molecule has 0 amide bonds. The number of hydrogen-bond donors (Lipinski definition) is 1. The molecule has 1 aromatic rings. The Morgan fingerprint density at radius 1 is 1.05 bits per heavy atom. The number of nitrogens with one attached hydrogen (secondary N) is 1. The van der Waals surface area contributed by atoms with E-state index in [9.17, 15) is 0 Å². The molecular formula is C16H26N4. The lowest BCUT2D eigenvalue weighted by molar-refractivity contribution is 0.144. The number of rotatable bonds is 3. The molecule has 2 heterocycles. The van der Waals surface area contributed by atoms with Crippen LogP contribution in [0.1, 0.15) is 50.5 Å². The Balaban J connectivity index is 1.59. The van der Waals surface area contributed by atoms with E-state index >= 15 is 0 Å². The summed E-state index contributed by atoms with van der Waals surface area (Å²) in [5, 5.41) is 3.13. The fourth-order valence-electron chi connectivity index (χ4n) is 3.79. The zero-order valence-electron chi connectivity index (χ0n) is 12.6. The normalized spacial score (nSPS) is 22.1. The molecule has 1 aliphatic carbocycles. The van der Waals surface area contributed by atoms with Crippen molar-refractivity contribution in [3.05, 3.63) is 18.0 Å². The minimum atomic E-state index is 0.654. The van der Waals surface area contributed by atoms with Gasteiger partial charge < -0.3 is 10.2 Å². The van der Waals surface area contributed by atoms with E-state index in [4.69, 9.17) is 0 Å². The monoisotopic (exact) mass is 274 g/mol. The second kappa shape index (κ2) is 6.08. The Kier molecular flexibility index (Phi) is 4.20. The van der Waals surface area contributed by atoms with Gasteiger partial charge in [0.1, 0.15) is 0 Å². The van der Waals surface area contributed by atoms with Crippen molar-refractivity contribution in [3.63, 3.8) is 0 Å². The van der Waals surface area contributed by atoms with Crippen molar-refractivity contribution in [2.75, 3.05) is 25.0 Å². The van der Waals surface area contributed by atoms with Gasteiger partial charge in [-0.25, -0.2) is 9.97 Å². The maximum absolute atomic E-state index is 4.53. The largest absolute Gasteiger partial charge is 0.341 e. The van der Waals surface area contributed by atoms with E-state index in [0.717, 1.165) is 31.1 Å². The molecule has 0 aromatic carbocycles. The first kappa shape index (κ1) is 13.8. The maximum atomic E-state index is 4.53. The van der Waals surface area contributed by atoms with Gasteiger partial charge in [0.2, 0.25) is 5.95 Å². The molecular weight excluding hydrogens is 248 g/mol. The predicted molar refractivity (Wildman–Crippen MR) is 81.8 cm³/mol. The Morgan fingerprint density at radius 2 is 1.70 bits per heavy atom. The van der Waals surface area contributed by atoms with Gasteiger partial charge >= 0.3 is 0 Å². The van der Waals surface area contributed by atoms with E-state index in [2.05, 4.69) is 20.2 Å². The molecule has 0 bridgehead atoms. The van der Waals surface area contributed by atoms with Gasteiger partial charge in [-0.05, 0) is 38.1 Å². The molecule has 2 aliphatic rings. The molecule has 1 N–H and O–H groups in total. The standard InChI is InChI=1S/C16H26N4/c1-17-11-14-12-18-15(19-13-14)20-9-7-16(8-10-20)5-3-2-4-6-16/h12-13,17H,2-11H2,1H3. The molecule has 0 atom stereocenters. The van der Waals surface area contributed by atoms with Crippen molar-refractivity contribution in [1.29, 1.82) is 0 Å². The van der Waals surface area contributed by atoms with Crippen LogP contribution in [0.25, 0.3) is 0 Å². The van der Waals surface area contributed by atoms with Crippen molar-refractivity contribution >= 4 is 5.95 Å². The summed E-state index contributed by atoms with van der Waals surface area (Å²) in [6.45, 7) is 3.10. The lowest BCUT2D eigenvalue weighted by Gasteiger charge is -2.44. The summed E-state index contributed by atoms with van der Waals surface area (Å²) in [5.41, 5.74) is 1.80. The van der Waals surface area contributed by atoms with Gasteiger partial charge in [-0.2, -0.15) is 0 Å². The lowest BCUT2D eigenvalue weighted by Crippen LogP contribution is -2.41. The van der Waals surface area contributed by atoms with Crippen LogP contribution in [0.2, 0.25) is 0 Å². The van der Waals surface area contributed by atoms with Gasteiger partial charge in [-0.3, -0.25) is 0 Å². The van der Waals surface area contributed by atoms with Crippen LogP contribution in [0.15, 0.2) is 12.4 Å². The molecule has 0 radical (unpaired) electrons. The highest BCUT2D eigenvalue weighted by molar-refractivity contribution is 5.31. The molecule has 4 nitrogen and oxygen atoms in total. The summed E-state index contributed by atoms with van der Waals surface area (Å²) in [6, 6.07) is 0. The predicted octanol–water partition coefficient (Wildman–Crippen LogP) is 2.75. The summed E-state index contributed by atoms with van der Waals surface area (Å²) in [5.74, 6) is 0.913. The van der Waals surface area contributed by atoms with Crippen LogP contribution in [0.3, 0.4) is 0 Å². The van der Waals surface area contributed by atoms with E-state index in [-0.39, 0.29) is 0 Å². The third-order valence-corrected chi connectivity index (χ3v) is 5.09. The molecule has 1 aromatic heterocycles. The molecule has 1 spiro atoms. The van der Waals surface area contributed by atoms with E-state index < -0.39 is 0 Å². The van der Waals surface area contributed by atoms with Crippen molar-refractivity contribution < 1.29 is 0 Å². The summed E-state index contributed by atoms with van der Waals surface area (Å²) in [7, 11) is 1.95. The van der Waals surface area contributed by atoms with Crippen LogP contribution in [-0.4, -0.2) is 30.1 Å². The zero-order chi connectivity index (χ0) is 13.8. The molecule has 0 unspecified atom stereocenters. The second-order valence-corrected chi connectivity index (χ2v) is 6.47. The van der Waals surface area contributed by atoms with Crippen LogP contribution in [-0.2, 0) is 6.54 Å². The zero-order valence-corrected chi connectivity index (χ0v) is 12.6. The molecule has 3 rings (SSSR count). The summed E-state index contributed by atoms with van der Waals surface area (Å²) < 4.78 is 0. The van der Waals surface area contributed by atoms with Gasteiger partial charge in [0, 0.05) is 37.6 Å². The first-order valence-corrected chi connectivity index (χ1v) is 8.02. The first-order valence-electron chi connectivity index (χ1n) is 8.02. The minimum absolute atomic E-state index is 0.654. The third kappa shape index (κ3) is 2.95. The SMILES string of the molecule is CNCc1cnc(N2CCC3(CCCCC3)CC2)nc1. The molecule has 1 aliphatic heterocycles. The average Bonchev–Trinajstić information content (AvgIpc) is 2.50. The highest BCUT2D eigenvalue weighted by Crippen LogP contribution is 2.44. The van der Waals surface area contributed by atoms with Crippen molar-refractivity contribution in [2.45, 2.75) is 51.5 Å². The summed E-state index contributed by atoms with van der Waals surface area (Å²) in [6.07, 6.45) is 13.8. The Labute approximate surface area is 122 Å². The lowest BCUT2D eigenvalue weighted by atomic mass is 9.68. The van der Waals surface area contributed by atoms with Crippen molar-refractivity contribution in [2.24, 2.45) is 5.41 Å². The molecule has 4 heteroatoms. The number of hydrogen-bond acceptors (Lipinski definition) is 4. The van der Waals surface area contributed by atoms with E-state index in [1.54, 1.807) is 0 Å². The Bertz CT molecular complexity index is 413. The molecule has 1 saturated carbocycles. The number of piperidine rings is 1. The molecule has 1 saturated heterocycles. The number of anilines is 1. The summed E-state index contributed by atoms with van der Waals surface area (Å²) >= 11 is 0. The van der Waals surface area contributed by atoms with E-state index in [0.29, 0.717) is 5.41 Å². The topological polar surface area (TPSA) is 41.1 Å². The van der Waals surface area contributed by atoms with E-state index in [1.165, 1.54) is 44.9 Å². The smallest absolute Gasteiger partial charge is 0.225 e. The fraction of sp³-hybridized carbons (Fsp3) is 0.750. The quantitative estimate of drug-likeness (QED) is 0.920.